The number of rotatable bonds is 6. The van der Waals surface area contributed by atoms with E-state index >= 15 is 0 Å². The molecule has 0 unspecified atom stereocenters. The summed E-state index contributed by atoms with van der Waals surface area (Å²) in [4.78, 5) is 10.1. The first-order valence-corrected chi connectivity index (χ1v) is 6.63. The Bertz CT molecular complexity index is 543. The van der Waals surface area contributed by atoms with Gasteiger partial charge < -0.3 is 14.7 Å². The first-order valence-electron chi connectivity index (χ1n) is 6.63. The first kappa shape index (κ1) is 14.3. The van der Waals surface area contributed by atoms with Crippen molar-refractivity contribution in [1.29, 1.82) is 0 Å². The van der Waals surface area contributed by atoms with Crippen LogP contribution in [0.2, 0.25) is 0 Å². The maximum Gasteiger partial charge on any atom is 0.224 e. The van der Waals surface area contributed by atoms with Gasteiger partial charge in [-0.05, 0) is 24.1 Å². The van der Waals surface area contributed by atoms with Crippen molar-refractivity contribution in [2.45, 2.75) is 13.3 Å². The summed E-state index contributed by atoms with van der Waals surface area (Å²) in [6, 6.07) is 9.68. The zero-order valence-corrected chi connectivity index (χ0v) is 11.8. The SMILES string of the molecule is CCc1ccc(Oc2cc(N(C)CCO)ncn2)cc1. The third-order valence-corrected chi connectivity index (χ3v) is 3.01. The highest BCUT2D eigenvalue weighted by Crippen LogP contribution is 2.22. The Labute approximate surface area is 118 Å². The fourth-order valence-corrected chi connectivity index (χ4v) is 1.77. The van der Waals surface area contributed by atoms with Gasteiger partial charge in [0.25, 0.3) is 0 Å². The number of nitrogens with zero attached hydrogens (tertiary/aromatic N) is 3. The molecular weight excluding hydrogens is 254 g/mol. The van der Waals surface area contributed by atoms with Crippen molar-refractivity contribution in [3.8, 4) is 11.6 Å². The molecule has 0 aliphatic heterocycles. The van der Waals surface area contributed by atoms with Crippen LogP contribution in [-0.2, 0) is 6.42 Å². The number of benzene rings is 1. The topological polar surface area (TPSA) is 58.5 Å². The van der Waals surface area contributed by atoms with E-state index in [0.717, 1.165) is 12.2 Å². The molecule has 5 nitrogen and oxygen atoms in total. The fourth-order valence-electron chi connectivity index (χ4n) is 1.77. The highest BCUT2D eigenvalue weighted by molar-refractivity contribution is 5.41. The Morgan fingerprint density at radius 2 is 1.95 bits per heavy atom. The van der Waals surface area contributed by atoms with E-state index in [9.17, 15) is 0 Å². The van der Waals surface area contributed by atoms with Gasteiger partial charge in [-0.25, -0.2) is 9.97 Å². The molecule has 0 amide bonds. The monoisotopic (exact) mass is 273 g/mol. The number of aliphatic hydroxyl groups excluding tert-OH is 1. The lowest BCUT2D eigenvalue weighted by molar-refractivity contribution is 0.303. The normalized spacial score (nSPS) is 10.3. The van der Waals surface area contributed by atoms with E-state index in [1.165, 1.54) is 11.9 Å². The number of aromatic nitrogens is 2. The van der Waals surface area contributed by atoms with Crippen LogP contribution >= 0.6 is 0 Å². The number of hydrogen-bond acceptors (Lipinski definition) is 5. The van der Waals surface area contributed by atoms with Gasteiger partial charge in [0, 0.05) is 19.7 Å². The van der Waals surface area contributed by atoms with Crippen LogP contribution in [0.3, 0.4) is 0 Å². The van der Waals surface area contributed by atoms with Crippen molar-refractivity contribution in [1.82, 2.24) is 9.97 Å². The van der Waals surface area contributed by atoms with Gasteiger partial charge in [-0.3, -0.25) is 0 Å². The minimum Gasteiger partial charge on any atom is -0.439 e. The van der Waals surface area contributed by atoms with Crippen LogP contribution in [0.1, 0.15) is 12.5 Å². The second kappa shape index (κ2) is 6.86. The number of hydrogen-bond donors (Lipinski definition) is 1. The van der Waals surface area contributed by atoms with Gasteiger partial charge in [-0.2, -0.15) is 0 Å². The second-order valence-electron chi connectivity index (χ2n) is 4.46. The molecule has 1 heterocycles. The van der Waals surface area contributed by atoms with Crippen LogP contribution in [0, 0.1) is 0 Å². The van der Waals surface area contributed by atoms with E-state index in [1.54, 1.807) is 6.07 Å². The first-order chi connectivity index (χ1) is 9.72. The van der Waals surface area contributed by atoms with E-state index in [0.29, 0.717) is 18.2 Å². The van der Waals surface area contributed by atoms with Gasteiger partial charge in [0.1, 0.15) is 17.9 Å². The van der Waals surface area contributed by atoms with Crippen LogP contribution in [0.25, 0.3) is 0 Å². The van der Waals surface area contributed by atoms with Crippen LogP contribution in [-0.4, -0.2) is 35.3 Å². The van der Waals surface area contributed by atoms with Crippen molar-refractivity contribution in [2.75, 3.05) is 25.1 Å². The van der Waals surface area contributed by atoms with Crippen molar-refractivity contribution in [3.63, 3.8) is 0 Å². The van der Waals surface area contributed by atoms with Gasteiger partial charge in [0.05, 0.1) is 6.61 Å². The Morgan fingerprint density at radius 3 is 2.60 bits per heavy atom. The van der Waals surface area contributed by atoms with Crippen LogP contribution in [0.4, 0.5) is 5.82 Å². The van der Waals surface area contributed by atoms with Crippen LogP contribution in [0.5, 0.6) is 11.6 Å². The standard InChI is InChI=1S/C15H19N3O2/c1-3-12-4-6-13(7-5-12)20-15-10-14(16-11-17-15)18(2)8-9-19/h4-7,10-11,19H,3,8-9H2,1-2H3. The Balaban J connectivity index is 2.10. The zero-order valence-electron chi connectivity index (χ0n) is 11.8. The summed E-state index contributed by atoms with van der Waals surface area (Å²) in [5.74, 6) is 1.95. The number of likely N-dealkylation sites (N-methyl/N-ethyl adjacent to an activating group) is 1. The fraction of sp³-hybridized carbons (Fsp3) is 0.333. The summed E-state index contributed by atoms with van der Waals surface area (Å²) < 4.78 is 5.71. The van der Waals surface area contributed by atoms with Gasteiger partial charge in [0.2, 0.25) is 5.88 Å². The van der Waals surface area contributed by atoms with E-state index in [4.69, 9.17) is 9.84 Å². The van der Waals surface area contributed by atoms with Crippen molar-refractivity contribution in [2.24, 2.45) is 0 Å². The van der Waals surface area contributed by atoms with Crippen LogP contribution < -0.4 is 9.64 Å². The Morgan fingerprint density at radius 1 is 1.20 bits per heavy atom. The maximum atomic E-state index is 8.94. The zero-order chi connectivity index (χ0) is 14.4. The molecule has 1 N–H and O–H groups in total. The lowest BCUT2D eigenvalue weighted by atomic mass is 10.2. The Kier molecular flexibility index (Phi) is 4.90. The van der Waals surface area contributed by atoms with Crippen molar-refractivity contribution >= 4 is 5.82 Å². The molecule has 1 aromatic carbocycles. The predicted octanol–water partition coefficient (Wildman–Crippen LogP) is 2.26. The molecule has 5 heteroatoms. The molecule has 2 rings (SSSR count). The molecule has 0 spiro atoms. The highest BCUT2D eigenvalue weighted by Gasteiger charge is 2.05. The van der Waals surface area contributed by atoms with Crippen LogP contribution in [0.15, 0.2) is 36.7 Å². The van der Waals surface area contributed by atoms with Gasteiger partial charge >= 0.3 is 0 Å². The average molecular weight is 273 g/mol. The number of aryl methyl sites for hydroxylation is 1. The minimum absolute atomic E-state index is 0.0785. The van der Waals surface area contributed by atoms with Gasteiger partial charge in [-0.1, -0.05) is 19.1 Å². The quantitative estimate of drug-likeness (QED) is 0.875. The summed E-state index contributed by atoms with van der Waals surface area (Å²) in [6.07, 6.45) is 2.46. The third-order valence-electron chi connectivity index (χ3n) is 3.01. The molecule has 0 aliphatic carbocycles. The van der Waals surface area contributed by atoms with E-state index in [-0.39, 0.29) is 6.61 Å². The van der Waals surface area contributed by atoms with Gasteiger partial charge in [-0.15, -0.1) is 0 Å². The third kappa shape index (κ3) is 3.68. The molecule has 0 atom stereocenters. The predicted molar refractivity (Wildman–Crippen MR) is 78.3 cm³/mol. The molecule has 0 radical (unpaired) electrons. The minimum atomic E-state index is 0.0785. The molecule has 2 aromatic rings. The van der Waals surface area contributed by atoms with Crippen molar-refractivity contribution in [3.05, 3.63) is 42.2 Å². The number of aliphatic hydroxyl groups is 1. The summed E-state index contributed by atoms with van der Waals surface area (Å²) in [5, 5.41) is 8.94. The summed E-state index contributed by atoms with van der Waals surface area (Å²) in [6.45, 7) is 2.71. The lowest BCUT2D eigenvalue weighted by Crippen LogP contribution is -2.22. The summed E-state index contributed by atoms with van der Waals surface area (Å²) in [5.41, 5.74) is 1.27. The Hall–Kier alpha value is -2.14. The smallest absolute Gasteiger partial charge is 0.224 e. The molecule has 0 fully saturated rings. The molecule has 0 saturated heterocycles. The molecule has 0 bridgehead atoms. The largest absolute Gasteiger partial charge is 0.439 e. The molecule has 1 aromatic heterocycles. The van der Waals surface area contributed by atoms with E-state index < -0.39 is 0 Å². The molecule has 20 heavy (non-hydrogen) atoms. The molecular formula is C15H19N3O2. The number of ether oxygens (including phenoxy) is 1. The molecule has 0 aliphatic rings. The number of anilines is 1. The average Bonchev–Trinajstić information content (AvgIpc) is 2.48. The van der Waals surface area contributed by atoms with Crippen molar-refractivity contribution < 1.29 is 9.84 Å². The van der Waals surface area contributed by atoms with E-state index in [2.05, 4.69) is 16.9 Å². The lowest BCUT2D eigenvalue weighted by Gasteiger charge is -2.16. The van der Waals surface area contributed by atoms with E-state index in [1.807, 2.05) is 36.2 Å². The summed E-state index contributed by atoms with van der Waals surface area (Å²) in [7, 11) is 1.86. The summed E-state index contributed by atoms with van der Waals surface area (Å²) >= 11 is 0. The molecule has 106 valence electrons. The van der Waals surface area contributed by atoms with Gasteiger partial charge in [0.15, 0.2) is 0 Å². The second-order valence-corrected chi connectivity index (χ2v) is 4.46. The molecule has 0 saturated carbocycles. The highest BCUT2D eigenvalue weighted by atomic mass is 16.5. The maximum absolute atomic E-state index is 8.94.